The molecule has 226 valence electrons. The van der Waals surface area contributed by atoms with Crippen LogP contribution in [0, 0.1) is 35.5 Å². The summed E-state index contributed by atoms with van der Waals surface area (Å²) in [4.78, 5) is 43.7. The van der Waals surface area contributed by atoms with Gasteiger partial charge in [0.25, 0.3) is 0 Å². The van der Waals surface area contributed by atoms with E-state index in [2.05, 4.69) is 13.8 Å². The van der Waals surface area contributed by atoms with Gasteiger partial charge in [0.05, 0.1) is 0 Å². The fraction of sp³-hybridized carbons (Fsp3) is 0.871. The molecule has 1 aliphatic rings. The largest absolute Gasteiger partial charge is 0.481 e. The lowest BCUT2D eigenvalue weighted by atomic mass is 9.82. The zero-order valence-electron chi connectivity index (χ0n) is 24.3. The maximum Gasteiger partial charge on any atom is 0.317 e. The number of hydrogen-bond acceptors (Lipinski definition) is 4. The molecule has 1 aliphatic carbocycles. The van der Waals surface area contributed by atoms with Gasteiger partial charge in [-0.15, -0.1) is 0 Å². The molecule has 4 atom stereocenters. The van der Waals surface area contributed by atoms with E-state index in [1.807, 2.05) is 0 Å². The van der Waals surface area contributed by atoms with Crippen LogP contribution in [0.3, 0.4) is 0 Å². The normalized spacial score (nSPS) is 21.0. The highest BCUT2D eigenvalue weighted by molar-refractivity contribution is 5.93. The molecular weight excluding hydrogens is 500 g/mol. The summed E-state index contributed by atoms with van der Waals surface area (Å²) < 4.78 is 0. The number of unbranched alkanes of at least 4 members (excludes halogenated alkanes) is 12. The first-order valence-electron chi connectivity index (χ1n) is 15.5. The molecule has 8 nitrogen and oxygen atoms in total. The first-order chi connectivity index (χ1) is 18.6. The van der Waals surface area contributed by atoms with Crippen molar-refractivity contribution >= 4 is 23.9 Å². The van der Waals surface area contributed by atoms with Crippen LogP contribution in [0.15, 0.2) is 0 Å². The van der Waals surface area contributed by atoms with Crippen LogP contribution < -0.4 is 0 Å². The standard InChI is InChI=1S/C31H54O8/c1-22-21-24(17-13-9-5-3-7-11-15-19-26(28(32)33)29(34)35)25(23(22)2)18-14-10-6-4-8-12-16-20-27(30(36)37)31(38)39/h22-27H,3-21H2,1-2H3,(H,32,33)(H,34,35)(H,36,37)(H,38,39). The summed E-state index contributed by atoms with van der Waals surface area (Å²) in [6.07, 6.45) is 19.2. The smallest absolute Gasteiger partial charge is 0.317 e. The third-order valence-electron chi connectivity index (χ3n) is 9.14. The van der Waals surface area contributed by atoms with Crippen molar-refractivity contribution in [1.29, 1.82) is 0 Å². The van der Waals surface area contributed by atoms with Crippen molar-refractivity contribution < 1.29 is 39.6 Å². The average Bonchev–Trinajstić information content (AvgIpc) is 3.12. The number of hydrogen-bond donors (Lipinski definition) is 4. The molecular formula is C31H54O8. The summed E-state index contributed by atoms with van der Waals surface area (Å²) >= 11 is 0. The quantitative estimate of drug-likeness (QED) is 0.0708. The Balaban J connectivity index is 2.12. The van der Waals surface area contributed by atoms with Crippen LogP contribution in [0.25, 0.3) is 0 Å². The molecule has 0 aromatic carbocycles. The highest BCUT2D eigenvalue weighted by Crippen LogP contribution is 2.46. The molecule has 0 aromatic heterocycles. The maximum atomic E-state index is 10.9. The van der Waals surface area contributed by atoms with E-state index in [1.165, 1.54) is 57.8 Å². The monoisotopic (exact) mass is 554 g/mol. The van der Waals surface area contributed by atoms with Crippen molar-refractivity contribution in [3.8, 4) is 0 Å². The minimum Gasteiger partial charge on any atom is -0.481 e. The lowest BCUT2D eigenvalue weighted by molar-refractivity contribution is -0.156. The zero-order valence-corrected chi connectivity index (χ0v) is 24.3. The number of rotatable bonds is 24. The van der Waals surface area contributed by atoms with Gasteiger partial charge in [-0.3, -0.25) is 19.2 Å². The van der Waals surface area contributed by atoms with E-state index in [0.717, 1.165) is 62.2 Å². The first-order valence-corrected chi connectivity index (χ1v) is 15.5. The van der Waals surface area contributed by atoms with Gasteiger partial charge in [0.1, 0.15) is 0 Å². The topological polar surface area (TPSA) is 149 Å². The summed E-state index contributed by atoms with van der Waals surface area (Å²) in [6, 6.07) is 0. The van der Waals surface area contributed by atoms with Crippen LogP contribution in [0.4, 0.5) is 0 Å². The van der Waals surface area contributed by atoms with Crippen LogP contribution in [0.5, 0.6) is 0 Å². The Hall–Kier alpha value is -2.12. The fourth-order valence-corrected chi connectivity index (χ4v) is 6.51. The van der Waals surface area contributed by atoms with Crippen LogP contribution >= 0.6 is 0 Å². The summed E-state index contributed by atoms with van der Waals surface area (Å²) in [7, 11) is 0. The summed E-state index contributed by atoms with van der Waals surface area (Å²) in [5.41, 5.74) is 0. The third kappa shape index (κ3) is 14.2. The molecule has 0 aliphatic heterocycles. The predicted molar refractivity (Wildman–Crippen MR) is 151 cm³/mol. The summed E-state index contributed by atoms with van der Waals surface area (Å²) in [6.45, 7) is 4.83. The molecule has 0 spiro atoms. The van der Waals surface area contributed by atoms with Gasteiger partial charge in [-0.1, -0.05) is 110 Å². The van der Waals surface area contributed by atoms with E-state index < -0.39 is 35.7 Å². The second-order valence-corrected chi connectivity index (χ2v) is 12.1. The Bertz CT molecular complexity index is 708. The Morgan fingerprint density at radius 2 is 0.872 bits per heavy atom. The van der Waals surface area contributed by atoms with E-state index in [1.54, 1.807) is 0 Å². The maximum absolute atomic E-state index is 10.9. The summed E-state index contributed by atoms with van der Waals surface area (Å²) in [5.74, 6) is -4.28. The molecule has 1 fully saturated rings. The zero-order chi connectivity index (χ0) is 29.2. The van der Waals surface area contributed by atoms with Crippen molar-refractivity contribution in [3.63, 3.8) is 0 Å². The number of carbonyl (C=O) groups is 4. The van der Waals surface area contributed by atoms with Crippen molar-refractivity contribution in [2.45, 2.75) is 136 Å². The Morgan fingerprint density at radius 1 is 0.538 bits per heavy atom. The Kier molecular flexibility index (Phi) is 17.8. The Morgan fingerprint density at radius 3 is 1.26 bits per heavy atom. The van der Waals surface area contributed by atoms with Gasteiger partial charge in [0.2, 0.25) is 0 Å². The van der Waals surface area contributed by atoms with Gasteiger partial charge in [-0.05, 0) is 49.4 Å². The van der Waals surface area contributed by atoms with E-state index in [4.69, 9.17) is 20.4 Å². The molecule has 0 radical (unpaired) electrons. The van der Waals surface area contributed by atoms with Gasteiger partial charge >= 0.3 is 23.9 Å². The number of carboxylic acids is 4. The molecule has 39 heavy (non-hydrogen) atoms. The molecule has 0 heterocycles. The van der Waals surface area contributed by atoms with Crippen LogP contribution in [-0.4, -0.2) is 44.3 Å². The lowest BCUT2D eigenvalue weighted by Crippen LogP contribution is -2.23. The molecule has 1 saturated carbocycles. The lowest BCUT2D eigenvalue weighted by Gasteiger charge is -2.23. The number of carboxylic acid groups (broad SMARTS) is 4. The van der Waals surface area contributed by atoms with Crippen LogP contribution in [0.2, 0.25) is 0 Å². The molecule has 0 aromatic rings. The Labute approximate surface area is 235 Å². The van der Waals surface area contributed by atoms with Gasteiger partial charge in [-0.25, -0.2) is 0 Å². The average molecular weight is 555 g/mol. The van der Waals surface area contributed by atoms with E-state index >= 15 is 0 Å². The molecule has 0 bridgehead atoms. The third-order valence-corrected chi connectivity index (χ3v) is 9.14. The van der Waals surface area contributed by atoms with Crippen molar-refractivity contribution in [3.05, 3.63) is 0 Å². The molecule has 1 rings (SSSR count). The molecule has 8 heteroatoms. The highest BCUT2D eigenvalue weighted by atomic mass is 16.4. The van der Waals surface area contributed by atoms with Crippen molar-refractivity contribution in [2.75, 3.05) is 0 Å². The van der Waals surface area contributed by atoms with E-state index in [0.29, 0.717) is 12.8 Å². The van der Waals surface area contributed by atoms with Crippen molar-refractivity contribution in [2.24, 2.45) is 35.5 Å². The van der Waals surface area contributed by atoms with Gasteiger partial charge < -0.3 is 20.4 Å². The highest BCUT2D eigenvalue weighted by Gasteiger charge is 2.37. The van der Waals surface area contributed by atoms with E-state index in [9.17, 15) is 19.2 Å². The molecule has 4 N–H and O–H groups in total. The van der Waals surface area contributed by atoms with Crippen LogP contribution in [-0.2, 0) is 19.2 Å². The van der Waals surface area contributed by atoms with Gasteiger partial charge in [-0.2, -0.15) is 0 Å². The number of aliphatic carboxylic acids is 4. The summed E-state index contributed by atoms with van der Waals surface area (Å²) in [5, 5.41) is 35.7. The minimum absolute atomic E-state index is 0.216. The van der Waals surface area contributed by atoms with Gasteiger partial charge in [0, 0.05) is 0 Å². The van der Waals surface area contributed by atoms with E-state index in [-0.39, 0.29) is 12.8 Å². The molecule has 0 saturated heterocycles. The second-order valence-electron chi connectivity index (χ2n) is 12.1. The first kappa shape index (κ1) is 34.9. The fourth-order valence-electron chi connectivity index (χ4n) is 6.51. The minimum atomic E-state index is -1.27. The SMILES string of the molecule is CC1CC(CCCCCCCCCC(C(=O)O)C(=O)O)C(CCCCCCCCCC(C(=O)O)C(=O)O)C1C. The van der Waals surface area contributed by atoms with Crippen LogP contribution in [0.1, 0.15) is 136 Å². The van der Waals surface area contributed by atoms with Crippen molar-refractivity contribution in [1.82, 2.24) is 0 Å². The second kappa shape index (κ2) is 19.9. The van der Waals surface area contributed by atoms with Gasteiger partial charge in [0.15, 0.2) is 11.8 Å². The molecule has 0 amide bonds. The predicted octanol–water partition coefficient (Wildman–Crippen LogP) is 7.49. The molecule has 4 unspecified atom stereocenters.